The third kappa shape index (κ3) is 4.34. The van der Waals surface area contributed by atoms with Crippen molar-refractivity contribution in [3.63, 3.8) is 0 Å². The van der Waals surface area contributed by atoms with Gasteiger partial charge in [-0.25, -0.2) is 23.7 Å². The highest BCUT2D eigenvalue weighted by molar-refractivity contribution is 5.42. The van der Waals surface area contributed by atoms with Crippen molar-refractivity contribution < 1.29 is 8.78 Å². The van der Waals surface area contributed by atoms with Gasteiger partial charge in [0.05, 0.1) is 5.69 Å². The molecule has 0 saturated carbocycles. The zero-order chi connectivity index (χ0) is 21.2. The van der Waals surface area contributed by atoms with Crippen LogP contribution in [0.25, 0.3) is 0 Å². The van der Waals surface area contributed by atoms with Crippen molar-refractivity contribution >= 4 is 11.8 Å². The van der Waals surface area contributed by atoms with Crippen molar-refractivity contribution in [1.82, 2.24) is 19.9 Å². The summed E-state index contributed by atoms with van der Waals surface area (Å²) in [6.07, 6.45) is 4.56. The van der Waals surface area contributed by atoms with Crippen LogP contribution in [-0.4, -0.2) is 52.6 Å². The number of piperazine rings is 1. The van der Waals surface area contributed by atoms with Crippen molar-refractivity contribution in [2.45, 2.75) is 19.5 Å². The first-order chi connectivity index (χ1) is 15.2. The summed E-state index contributed by atoms with van der Waals surface area (Å²) in [6, 6.07) is 10.1. The lowest BCUT2D eigenvalue weighted by atomic mass is 10.1. The number of halogens is 2. The number of anilines is 2. The molecule has 5 rings (SSSR count). The van der Waals surface area contributed by atoms with E-state index in [0.29, 0.717) is 13.1 Å². The maximum absolute atomic E-state index is 13.5. The SMILES string of the molecule is Fc1ccc(CN2CCc3nc(N4CCN(c5ccccn5)CC4)ncc3C2)cc1F. The summed E-state index contributed by atoms with van der Waals surface area (Å²) in [5.41, 5.74) is 2.95. The highest BCUT2D eigenvalue weighted by Gasteiger charge is 2.23. The first kappa shape index (κ1) is 19.8. The van der Waals surface area contributed by atoms with Crippen LogP contribution >= 0.6 is 0 Å². The molecule has 1 aromatic carbocycles. The number of pyridine rings is 1. The van der Waals surface area contributed by atoms with E-state index in [2.05, 4.69) is 24.7 Å². The lowest BCUT2D eigenvalue weighted by Gasteiger charge is -2.36. The molecule has 0 bridgehead atoms. The van der Waals surface area contributed by atoms with Crippen LogP contribution in [0.3, 0.4) is 0 Å². The van der Waals surface area contributed by atoms with E-state index in [9.17, 15) is 8.78 Å². The Labute approximate surface area is 180 Å². The van der Waals surface area contributed by atoms with Crippen LogP contribution in [0, 0.1) is 11.6 Å². The number of aromatic nitrogens is 3. The van der Waals surface area contributed by atoms with Crippen molar-refractivity contribution in [3.8, 4) is 0 Å². The molecule has 160 valence electrons. The molecule has 8 heteroatoms. The zero-order valence-electron chi connectivity index (χ0n) is 17.2. The topological polar surface area (TPSA) is 48.4 Å². The standard InChI is InChI=1S/C23H24F2N6/c24-19-5-4-17(13-20(19)25)15-29-8-6-21-18(16-29)14-27-23(28-21)31-11-9-30(10-12-31)22-3-1-2-7-26-22/h1-5,7,13-14H,6,8-12,15-16H2. The third-order valence-corrected chi connectivity index (χ3v) is 5.93. The van der Waals surface area contributed by atoms with Crippen LogP contribution in [0.5, 0.6) is 0 Å². The normalized spacial score (nSPS) is 17.0. The summed E-state index contributed by atoms with van der Waals surface area (Å²) in [5, 5.41) is 0. The number of hydrogen-bond donors (Lipinski definition) is 0. The van der Waals surface area contributed by atoms with Gasteiger partial charge < -0.3 is 9.80 Å². The van der Waals surface area contributed by atoms with E-state index in [1.807, 2.05) is 30.6 Å². The van der Waals surface area contributed by atoms with Crippen LogP contribution in [0.2, 0.25) is 0 Å². The fourth-order valence-electron chi connectivity index (χ4n) is 4.22. The molecule has 2 aliphatic heterocycles. The van der Waals surface area contributed by atoms with Crippen LogP contribution < -0.4 is 9.80 Å². The number of hydrogen-bond acceptors (Lipinski definition) is 6. The van der Waals surface area contributed by atoms with Crippen molar-refractivity contribution in [2.24, 2.45) is 0 Å². The average molecular weight is 422 g/mol. The molecular formula is C23H24F2N6. The van der Waals surface area contributed by atoms with E-state index in [0.717, 1.165) is 67.7 Å². The van der Waals surface area contributed by atoms with E-state index >= 15 is 0 Å². The van der Waals surface area contributed by atoms with Crippen molar-refractivity contribution in [1.29, 1.82) is 0 Å². The Balaban J connectivity index is 1.21. The summed E-state index contributed by atoms with van der Waals surface area (Å²) in [4.78, 5) is 20.6. The second kappa shape index (κ2) is 8.55. The van der Waals surface area contributed by atoms with E-state index in [-0.39, 0.29) is 0 Å². The summed E-state index contributed by atoms with van der Waals surface area (Å²) in [5.74, 6) is 0.184. The van der Waals surface area contributed by atoms with Gasteiger partial charge in [-0.1, -0.05) is 12.1 Å². The molecule has 2 aliphatic rings. The molecule has 2 aromatic heterocycles. The molecule has 6 nitrogen and oxygen atoms in total. The minimum absolute atomic E-state index is 0.577. The van der Waals surface area contributed by atoms with Crippen LogP contribution in [0.15, 0.2) is 48.8 Å². The molecule has 1 saturated heterocycles. The maximum Gasteiger partial charge on any atom is 0.225 e. The molecule has 0 radical (unpaired) electrons. The molecule has 3 aromatic rings. The predicted molar refractivity (Wildman–Crippen MR) is 115 cm³/mol. The van der Waals surface area contributed by atoms with Crippen LogP contribution in [-0.2, 0) is 19.5 Å². The monoisotopic (exact) mass is 422 g/mol. The predicted octanol–water partition coefficient (Wildman–Crippen LogP) is 3.03. The van der Waals surface area contributed by atoms with E-state index in [1.54, 1.807) is 6.07 Å². The Hall–Kier alpha value is -3.13. The number of rotatable bonds is 4. The Morgan fingerprint density at radius 1 is 0.871 bits per heavy atom. The van der Waals surface area contributed by atoms with E-state index < -0.39 is 11.6 Å². The first-order valence-corrected chi connectivity index (χ1v) is 10.6. The summed E-state index contributed by atoms with van der Waals surface area (Å²) < 4.78 is 26.6. The number of benzene rings is 1. The first-order valence-electron chi connectivity index (χ1n) is 10.6. The van der Waals surface area contributed by atoms with Gasteiger partial charge in [-0.15, -0.1) is 0 Å². The summed E-state index contributed by atoms with van der Waals surface area (Å²) >= 11 is 0. The maximum atomic E-state index is 13.5. The highest BCUT2D eigenvalue weighted by atomic mass is 19.2. The Bertz CT molecular complexity index is 1050. The number of fused-ring (bicyclic) bond motifs is 1. The van der Waals surface area contributed by atoms with Gasteiger partial charge in [0.15, 0.2) is 11.6 Å². The Morgan fingerprint density at radius 3 is 2.48 bits per heavy atom. The van der Waals surface area contributed by atoms with E-state index in [4.69, 9.17) is 4.98 Å². The molecule has 0 N–H and O–H groups in total. The highest BCUT2D eigenvalue weighted by Crippen LogP contribution is 2.22. The molecule has 4 heterocycles. The van der Waals surface area contributed by atoms with Gasteiger partial charge in [-0.2, -0.15) is 0 Å². The lowest BCUT2D eigenvalue weighted by Crippen LogP contribution is -2.47. The molecule has 31 heavy (non-hydrogen) atoms. The Morgan fingerprint density at radius 2 is 1.71 bits per heavy atom. The molecule has 0 spiro atoms. The van der Waals surface area contributed by atoms with Gasteiger partial charge in [-0.3, -0.25) is 4.90 Å². The summed E-state index contributed by atoms with van der Waals surface area (Å²) in [7, 11) is 0. The molecule has 1 fully saturated rings. The largest absolute Gasteiger partial charge is 0.353 e. The second-order valence-corrected chi connectivity index (χ2v) is 8.01. The average Bonchev–Trinajstić information content (AvgIpc) is 2.82. The quantitative estimate of drug-likeness (QED) is 0.644. The third-order valence-electron chi connectivity index (χ3n) is 5.93. The number of nitrogens with zero attached hydrogens (tertiary/aromatic N) is 6. The van der Waals surface area contributed by atoms with Crippen LogP contribution in [0.1, 0.15) is 16.8 Å². The minimum Gasteiger partial charge on any atom is -0.353 e. The molecule has 0 aliphatic carbocycles. The fraction of sp³-hybridized carbons (Fsp3) is 0.348. The Kier molecular flexibility index (Phi) is 5.46. The zero-order valence-corrected chi connectivity index (χ0v) is 17.2. The lowest BCUT2D eigenvalue weighted by molar-refractivity contribution is 0.242. The van der Waals surface area contributed by atoms with Gasteiger partial charge in [0.1, 0.15) is 5.82 Å². The van der Waals surface area contributed by atoms with Gasteiger partial charge in [0.25, 0.3) is 0 Å². The fourth-order valence-corrected chi connectivity index (χ4v) is 4.22. The van der Waals surface area contributed by atoms with E-state index in [1.165, 1.54) is 12.1 Å². The summed E-state index contributed by atoms with van der Waals surface area (Å²) in [6.45, 7) is 5.61. The second-order valence-electron chi connectivity index (χ2n) is 8.01. The molecule has 0 atom stereocenters. The van der Waals surface area contributed by atoms with Crippen molar-refractivity contribution in [3.05, 3.63) is 77.2 Å². The molecule has 0 unspecified atom stereocenters. The smallest absolute Gasteiger partial charge is 0.225 e. The molecular weight excluding hydrogens is 398 g/mol. The van der Waals surface area contributed by atoms with Crippen molar-refractivity contribution in [2.75, 3.05) is 42.5 Å². The van der Waals surface area contributed by atoms with Gasteiger partial charge in [-0.05, 0) is 29.8 Å². The van der Waals surface area contributed by atoms with Gasteiger partial charge in [0.2, 0.25) is 5.95 Å². The van der Waals surface area contributed by atoms with Gasteiger partial charge in [0, 0.05) is 70.2 Å². The van der Waals surface area contributed by atoms with Gasteiger partial charge >= 0.3 is 0 Å². The minimum atomic E-state index is -0.811. The van der Waals surface area contributed by atoms with Crippen LogP contribution in [0.4, 0.5) is 20.5 Å². The molecule has 0 amide bonds.